The van der Waals surface area contributed by atoms with E-state index in [4.69, 9.17) is 19.7 Å². The van der Waals surface area contributed by atoms with Crippen LogP contribution in [0.1, 0.15) is 47.9 Å². The first-order valence-corrected chi connectivity index (χ1v) is 7.82. The van der Waals surface area contributed by atoms with Crippen LogP contribution in [0.3, 0.4) is 0 Å². The predicted molar refractivity (Wildman–Crippen MR) is 87.2 cm³/mol. The summed E-state index contributed by atoms with van der Waals surface area (Å²) in [4.78, 5) is 35.8. The second-order valence-corrected chi connectivity index (χ2v) is 6.77. The largest absolute Gasteiger partial charge is 0.488 e. The fourth-order valence-electron chi connectivity index (χ4n) is 2.47. The van der Waals surface area contributed by atoms with Crippen LogP contribution in [0.25, 0.3) is 0 Å². The van der Waals surface area contributed by atoms with Crippen molar-refractivity contribution in [3.8, 4) is 5.75 Å². The Balaban J connectivity index is 2.04. The molecule has 1 aliphatic heterocycles. The minimum absolute atomic E-state index is 0.249. The number of hydrogen-bond donors (Lipinski definition) is 2. The van der Waals surface area contributed by atoms with Gasteiger partial charge in [0.2, 0.25) is 0 Å². The summed E-state index contributed by atoms with van der Waals surface area (Å²) in [7, 11) is 0. The molecule has 1 aromatic rings. The molecule has 8 heteroatoms. The minimum atomic E-state index is -1.34. The molecule has 0 spiro atoms. The van der Waals surface area contributed by atoms with Gasteiger partial charge in [0.1, 0.15) is 17.5 Å². The summed E-state index contributed by atoms with van der Waals surface area (Å²) in [5.41, 5.74) is -1.23. The van der Waals surface area contributed by atoms with Crippen LogP contribution in [-0.2, 0) is 4.74 Å². The molecule has 2 N–H and O–H groups in total. The standard InChI is InChI=1S/C17H21NO7/c1-17(2,3)25-16(23)18-7-6-11(9-18)24-10-4-5-12(14(19)20)13(8-10)15(21)22/h4-5,8,11H,6-7,9H2,1-3H3,(H,19,20)(H,21,22)/t11-/m0/s1. The van der Waals surface area contributed by atoms with Crippen LogP contribution >= 0.6 is 0 Å². The smallest absolute Gasteiger partial charge is 0.410 e. The molecule has 0 bridgehead atoms. The van der Waals surface area contributed by atoms with Gasteiger partial charge >= 0.3 is 18.0 Å². The van der Waals surface area contributed by atoms with Crippen molar-refractivity contribution >= 4 is 18.0 Å². The van der Waals surface area contributed by atoms with Crippen LogP contribution in [0.2, 0.25) is 0 Å². The van der Waals surface area contributed by atoms with Gasteiger partial charge in [-0.25, -0.2) is 14.4 Å². The lowest BCUT2D eigenvalue weighted by Gasteiger charge is -2.24. The number of hydrogen-bond acceptors (Lipinski definition) is 5. The van der Waals surface area contributed by atoms with E-state index in [2.05, 4.69) is 0 Å². The molecule has 0 saturated carbocycles. The lowest BCUT2D eigenvalue weighted by atomic mass is 10.1. The molecule has 1 saturated heterocycles. The molecule has 1 fully saturated rings. The maximum absolute atomic E-state index is 12.0. The van der Waals surface area contributed by atoms with Crippen molar-refractivity contribution in [2.45, 2.75) is 38.9 Å². The molecule has 8 nitrogen and oxygen atoms in total. The van der Waals surface area contributed by atoms with Gasteiger partial charge in [0.05, 0.1) is 17.7 Å². The Morgan fingerprint density at radius 3 is 2.32 bits per heavy atom. The highest BCUT2D eigenvalue weighted by atomic mass is 16.6. The van der Waals surface area contributed by atoms with Crippen molar-refractivity contribution < 1.29 is 34.1 Å². The molecule has 1 heterocycles. The van der Waals surface area contributed by atoms with Gasteiger partial charge in [0, 0.05) is 13.0 Å². The second-order valence-electron chi connectivity index (χ2n) is 6.77. The Bertz CT molecular complexity index is 693. The third-order valence-corrected chi connectivity index (χ3v) is 3.55. The molecule has 1 amide bonds. The number of likely N-dealkylation sites (tertiary alicyclic amines) is 1. The molecule has 1 aliphatic rings. The van der Waals surface area contributed by atoms with Crippen molar-refractivity contribution in [1.82, 2.24) is 4.90 Å². The lowest BCUT2D eigenvalue weighted by Crippen LogP contribution is -2.36. The molecule has 25 heavy (non-hydrogen) atoms. The first-order valence-electron chi connectivity index (χ1n) is 7.82. The van der Waals surface area contributed by atoms with Gasteiger partial charge < -0.3 is 24.6 Å². The summed E-state index contributed by atoms with van der Waals surface area (Å²) < 4.78 is 11.0. The maximum atomic E-state index is 12.0. The molecule has 1 atom stereocenters. The number of carbonyl (C=O) groups is 3. The van der Waals surface area contributed by atoms with Crippen molar-refractivity contribution in [2.75, 3.05) is 13.1 Å². The van der Waals surface area contributed by atoms with E-state index in [9.17, 15) is 14.4 Å². The van der Waals surface area contributed by atoms with Crippen molar-refractivity contribution in [3.05, 3.63) is 29.3 Å². The molecule has 0 aliphatic carbocycles. The lowest BCUT2D eigenvalue weighted by molar-refractivity contribution is 0.0275. The van der Waals surface area contributed by atoms with Gasteiger partial charge in [0.15, 0.2) is 0 Å². The number of nitrogens with zero attached hydrogens (tertiary/aromatic N) is 1. The van der Waals surface area contributed by atoms with Gasteiger partial charge in [0.25, 0.3) is 0 Å². The van der Waals surface area contributed by atoms with Gasteiger partial charge in [-0.05, 0) is 39.0 Å². The quantitative estimate of drug-likeness (QED) is 0.856. The number of carboxylic acids is 2. The Morgan fingerprint density at radius 1 is 1.12 bits per heavy atom. The number of benzene rings is 1. The van der Waals surface area contributed by atoms with E-state index < -0.39 is 23.6 Å². The van der Waals surface area contributed by atoms with E-state index in [-0.39, 0.29) is 23.0 Å². The zero-order chi connectivity index (χ0) is 18.8. The number of carbonyl (C=O) groups excluding carboxylic acids is 1. The van der Waals surface area contributed by atoms with E-state index >= 15 is 0 Å². The Hall–Kier alpha value is -2.77. The number of ether oxygens (including phenoxy) is 2. The molecule has 0 unspecified atom stereocenters. The van der Waals surface area contributed by atoms with E-state index in [1.54, 1.807) is 20.8 Å². The summed E-state index contributed by atoms with van der Waals surface area (Å²) in [6, 6.07) is 3.79. The summed E-state index contributed by atoms with van der Waals surface area (Å²) in [5, 5.41) is 18.2. The van der Waals surface area contributed by atoms with Crippen molar-refractivity contribution in [2.24, 2.45) is 0 Å². The second kappa shape index (κ2) is 7.00. The first kappa shape index (κ1) is 18.6. The monoisotopic (exact) mass is 351 g/mol. The van der Waals surface area contributed by atoms with Crippen LogP contribution in [0, 0.1) is 0 Å². The van der Waals surface area contributed by atoms with E-state index in [1.165, 1.54) is 23.1 Å². The number of carboxylic acid groups (broad SMARTS) is 2. The average molecular weight is 351 g/mol. The Kier molecular flexibility index (Phi) is 5.20. The summed E-state index contributed by atoms with van der Waals surface area (Å²) in [6.45, 7) is 6.14. The normalized spacial score (nSPS) is 17.2. The minimum Gasteiger partial charge on any atom is -0.488 e. The highest BCUT2D eigenvalue weighted by molar-refractivity contribution is 6.02. The van der Waals surface area contributed by atoms with Crippen LogP contribution in [0.4, 0.5) is 4.79 Å². The zero-order valence-electron chi connectivity index (χ0n) is 14.3. The fraction of sp³-hybridized carbons (Fsp3) is 0.471. The molecule has 136 valence electrons. The van der Waals surface area contributed by atoms with E-state index in [0.717, 1.165) is 0 Å². The average Bonchev–Trinajstić information content (AvgIpc) is 2.93. The van der Waals surface area contributed by atoms with Crippen LogP contribution in [-0.4, -0.2) is 57.9 Å². The summed E-state index contributed by atoms with van der Waals surface area (Å²) >= 11 is 0. The van der Waals surface area contributed by atoms with Crippen LogP contribution in [0.15, 0.2) is 18.2 Å². The highest BCUT2D eigenvalue weighted by Gasteiger charge is 2.31. The van der Waals surface area contributed by atoms with Crippen molar-refractivity contribution in [1.29, 1.82) is 0 Å². The van der Waals surface area contributed by atoms with Crippen molar-refractivity contribution in [3.63, 3.8) is 0 Å². The van der Waals surface area contributed by atoms with Gasteiger partial charge in [-0.3, -0.25) is 0 Å². The molecular weight excluding hydrogens is 330 g/mol. The third-order valence-electron chi connectivity index (χ3n) is 3.55. The van der Waals surface area contributed by atoms with Gasteiger partial charge in [-0.15, -0.1) is 0 Å². The van der Waals surface area contributed by atoms with E-state index in [1.807, 2.05) is 0 Å². The number of rotatable bonds is 4. The third kappa shape index (κ3) is 4.85. The molecule has 0 aromatic heterocycles. The summed E-state index contributed by atoms with van der Waals surface area (Å²) in [6.07, 6.45) is -0.168. The predicted octanol–water partition coefficient (Wildman–Crippen LogP) is 2.47. The molecule has 2 rings (SSSR count). The SMILES string of the molecule is CC(C)(C)OC(=O)N1CC[C@H](Oc2ccc(C(=O)O)c(C(=O)O)c2)C1. The van der Waals surface area contributed by atoms with Gasteiger partial charge in [-0.2, -0.15) is 0 Å². The van der Waals surface area contributed by atoms with Crippen LogP contribution in [0.5, 0.6) is 5.75 Å². The van der Waals surface area contributed by atoms with E-state index in [0.29, 0.717) is 19.5 Å². The maximum Gasteiger partial charge on any atom is 0.410 e. The first-order chi connectivity index (χ1) is 11.6. The number of aromatic carboxylic acids is 2. The van der Waals surface area contributed by atoms with Crippen LogP contribution < -0.4 is 4.74 Å². The topological polar surface area (TPSA) is 113 Å². The number of amides is 1. The van der Waals surface area contributed by atoms with Gasteiger partial charge in [-0.1, -0.05) is 0 Å². The zero-order valence-corrected chi connectivity index (χ0v) is 14.3. The fourth-order valence-corrected chi connectivity index (χ4v) is 2.47. The molecule has 1 aromatic carbocycles. The Labute approximate surface area is 144 Å². The summed E-state index contributed by atoms with van der Waals surface area (Å²) in [5.74, 6) is -2.41. The molecule has 0 radical (unpaired) electrons. The Morgan fingerprint density at radius 2 is 1.76 bits per heavy atom. The highest BCUT2D eigenvalue weighted by Crippen LogP contribution is 2.23. The molecular formula is C17H21NO7.